The highest BCUT2D eigenvalue weighted by molar-refractivity contribution is 7.91. The van der Waals surface area contributed by atoms with E-state index in [4.69, 9.17) is 0 Å². The smallest absolute Gasteiger partial charge is 0.225 e. The second kappa shape index (κ2) is 7.64. The van der Waals surface area contributed by atoms with Gasteiger partial charge in [0.15, 0.2) is 9.84 Å². The van der Waals surface area contributed by atoms with E-state index in [2.05, 4.69) is 5.32 Å². The molecule has 132 valence electrons. The molecule has 0 aromatic rings. The lowest BCUT2D eigenvalue weighted by atomic mass is 9.93. The number of likely N-dealkylation sites (tertiary alicyclic amines) is 1. The Morgan fingerprint density at radius 2 is 1.74 bits per heavy atom. The first kappa shape index (κ1) is 18.2. The summed E-state index contributed by atoms with van der Waals surface area (Å²) in [6.45, 7) is 5.30. The number of sulfone groups is 1. The minimum Gasteiger partial charge on any atom is -0.352 e. The van der Waals surface area contributed by atoms with Crippen molar-refractivity contribution < 1.29 is 18.0 Å². The fourth-order valence-corrected chi connectivity index (χ4v) is 5.16. The van der Waals surface area contributed by atoms with E-state index in [1.54, 1.807) is 0 Å². The molecule has 0 saturated carbocycles. The van der Waals surface area contributed by atoms with Gasteiger partial charge in [-0.3, -0.25) is 9.59 Å². The normalized spacial score (nSPS) is 24.8. The lowest BCUT2D eigenvalue weighted by Gasteiger charge is -2.33. The standard InChI is InChI=1S/C16H28N2O4S/c1-3-12(4-2)16(20)18-8-5-13(6-9-18)15(19)17-14-7-10-23(21,22)11-14/h12-14H,3-11H2,1-2H3,(H,17,19). The molecule has 0 bridgehead atoms. The third-order valence-corrected chi connectivity index (χ3v) is 6.86. The van der Waals surface area contributed by atoms with Crippen LogP contribution in [0.3, 0.4) is 0 Å². The molecule has 2 amide bonds. The summed E-state index contributed by atoms with van der Waals surface area (Å²) in [5.74, 6) is 0.357. The minimum atomic E-state index is -2.97. The molecule has 7 heteroatoms. The molecule has 2 aliphatic heterocycles. The first-order valence-electron chi connectivity index (χ1n) is 8.65. The number of carbonyl (C=O) groups is 2. The topological polar surface area (TPSA) is 83.6 Å². The Hall–Kier alpha value is -1.11. The molecule has 2 saturated heterocycles. The molecule has 0 spiro atoms. The second-order valence-corrected chi connectivity index (χ2v) is 8.95. The van der Waals surface area contributed by atoms with Crippen molar-refractivity contribution in [3.63, 3.8) is 0 Å². The quantitative estimate of drug-likeness (QED) is 0.805. The first-order valence-corrected chi connectivity index (χ1v) is 10.5. The van der Waals surface area contributed by atoms with Crippen molar-refractivity contribution >= 4 is 21.7 Å². The highest BCUT2D eigenvalue weighted by Gasteiger charge is 2.33. The van der Waals surface area contributed by atoms with E-state index >= 15 is 0 Å². The van der Waals surface area contributed by atoms with Gasteiger partial charge in [-0.1, -0.05) is 13.8 Å². The monoisotopic (exact) mass is 344 g/mol. The maximum atomic E-state index is 12.3. The Labute approximate surface area is 138 Å². The van der Waals surface area contributed by atoms with Crippen molar-refractivity contribution in [1.29, 1.82) is 0 Å². The van der Waals surface area contributed by atoms with Crippen LogP contribution in [-0.4, -0.2) is 55.8 Å². The lowest BCUT2D eigenvalue weighted by Crippen LogP contribution is -2.46. The molecule has 23 heavy (non-hydrogen) atoms. The summed E-state index contributed by atoms with van der Waals surface area (Å²) in [4.78, 5) is 26.5. The SMILES string of the molecule is CCC(CC)C(=O)N1CCC(C(=O)NC2CCS(=O)(=O)C2)CC1. The molecule has 2 heterocycles. The van der Waals surface area contributed by atoms with Crippen LogP contribution in [0.25, 0.3) is 0 Å². The Bertz CT molecular complexity index is 534. The van der Waals surface area contributed by atoms with Gasteiger partial charge in [0.2, 0.25) is 11.8 Å². The van der Waals surface area contributed by atoms with Crippen molar-refractivity contribution in [3.05, 3.63) is 0 Å². The van der Waals surface area contributed by atoms with E-state index in [9.17, 15) is 18.0 Å². The molecule has 2 aliphatic rings. The van der Waals surface area contributed by atoms with Crippen molar-refractivity contribution in [2.45, 2.75) is 52.0 Å². The highest BCUT2D eigenvalue weighted by Crippen LogP contribution is 2.22. The van der Waals surface area contributed by atoms with E-state index in [1.165, 1.54) is 0 Å². The fourth-order valence-electron chi connectivity index (χ4n) is 3.49. The highest BCUT2D eigenvalue weighted by atomic mass is 32.2. The van der Waals surface area contributed by atoms with Gasteiger partial charge in [-0.25, -0.2) is 8.42 Å². The summed E-state index contributed by atoms with van der Waals surface area (Å²) >= 11 is 0. The maximum absolute atomic E-state index is 12.3. The summed E-state index contributed by atoms with van der Waals surface area (Å²) in [5, 5.41) is 2.87. The van der Waals surface area contributed by atoms with Crippen molar-refractivity contribution in [1.82, 2.24) is 10.2 Å². The molecule has 0 aliphatic carbocycles. The van der Waals surface area contributed by atoms with Crippen LogP contribution in [0.15, 0.2) is 0 Å². The van der Waals surface area contributed by atoms with Gasteiger partial charge in [0.25, 0.3) is 0 Å². The van der Waals surface area contributed by atoms with Crippen LogP contribution in [0.1, 0.15) is 46.0 Å². The van der Waals surface area contributed by atoms with Crippen LogP contribution in [0, 0.1) is 11.8 Å². The molecule has 2 rings (SSSR count). The number of amides is 2. The zero-order chi connectivity index (χ0) is 17.0. The number of carbonyl (C=O) groups excluding carboxylic acids is 2. The van der Waals surface area contributed by atoms with Gasteiger partial charge >= 0.3 is 0 Å². The summed E-state index contributed by atoms with van der Waals surface area (Å²) in [7, 11) is -2.97. The molecule has 0 aromatic carbocycles. The zero-order valence-corrected chi connectivity index (χ0v) is 14.9. The zero-order valence-electron chi connectivity index (χ0n) is 14.1. The van der Waals surface area contributed by atoms with Crippen LogP contribution in [-0.2, 0) is 19.4 Å². The summed E-state index contributed by atoms with van der Waals surface area (Å²) in [5.41, 5.74) is 0. The van der Waals surface area contributed by atoms with Crippen molar-refractivity contribution in [2.75, 3.05) is 24.6 Å². The Morgan fingerprint density at radius 3 is 2.22 bits per heavy atom. The molecular weight excluding hydrogens is 316 g/mol. The van der Waals surface area contributed by atoms with Crippen molar-refractivity contribution in [2.24, 2.45) is 11.8 Å². The Kier molecular flexibility index (Phi) is 6.06. The number of hydrogen-bond donors (Lipinski definition) is 1. The predicted octanol–water partition coefficient (Wildman–Crippen LogP) is 0.965. The Balaban J connectivity index is 1.80. The molecule has 6 nitrogen and oxygen atoms in total. The van der Waals surface area contributed by atoms with E-state index in [0.717, 1.165) is 12.8 Å². The number of nitrogens with one attached hydrogen (secondary N) is 1. The molecule has 0 aromatic heterocycles. The average molecular weight is 344 g/mol. The molecule has 0 radical (unpaired) electrons. The van der Waals surface area contributed by atoms with Crippen molar-refractivity contribution in [3.8, 4) is 0 Å². The van der Waals surface area contributed by atoms with Crippen LogP contribution in [0.4, 0.5) is 0 Å². The number of rotatable bonds is 5. The lowest BCUT2D eigenvalue weighted by molar-refractivity contribution is -0.139. The fraction of sp³-hybridized carbons (Fsp3) is 0.875. The van der Waals surface area contributed by atoms with Gasteiger partial charge in [0, 0.05) is 31.0 Å². The maximum Gasteiger partial charge on any atom is 0.225 e. The minimum absolute atomic E-state index is 0.0540. The molecular formula is C16H28N2O4S. The first-order chi connectivity index (χ1) is 10.9. The predicted molar refractivity (Wildman–Crippen MR) is 88.6 cm³/mol. The third kappa shape index (κ3) is 4.68. The molecule has 1 unspecified atom stereocenters. The van der Waals surface area contributed by atoms with E-state index in [-0.39, 0.29) is 41.2 Å². The second-order valence-electron chi connectivity index (χ2n) is 6.72. The van der Waals surface area contributed by atoms with E-state index in [1.807, 2.05) is 18.7 Å². The van der Waals surface area contributed by atoms with E-state index in [0.29, 0.717) is 32.4 Å². The number of piperidine rings is 1. The Morgan fingerprint density at radius 1 is 1.13 bits per heavy atom. The van der Waals surface area contributed by atoms with Crippen LogP contribution < -0.4 is 5.32 Å². The number of nitrogens with zero attached hydrogens (tertiary/aromatic N) is 1. The van der Waals surface area contributed by atoms with Gasteiger partial charge in [-0.05, 0) is 32.1 Å². The molecule has 1 atom stereocenters. The summed E-state index contributed by atoms with van der Waals surface area (Å²) in [6.07, 6.45) is 3.55. The molecule has 1 N–H and O–H groups in total. The number of hydrogen-bond acceptors (Lipinski definition) is 4. The van der Waals surface area contributed by atoms with Gasteiger partial charge in [-0.2, -0.15) is 0 Å². The van der Waals surface area contributed by atoms with Gasteiger partial charge in [0.05, 0.1) is 11.5 Å². The van der Waals surface area contributed by atoms with E-state index < -0.39 is 9.84 Å². The molecule has 2 fully saturated rings. The summed E-state index contributed by atoms with van der Waals surface area (Å²) < 4.78 is 22.9. The third-order valence-electron chi connectivity index (χ3n) is 5.09. The summed E-state index contributed by atoms with van der Waals surface area (Å²) in [6, 6.07) is -0.239. The average Bonchev–Trinajstić information content (AvgIpc) is 2.87. The van der Waals surface area contributed by atoms with Gasteiger partial charge in [-0.15, -0.1) is 0 Å². The van der Waals surface area contributed by atoms with Crippen LogP contribution >= 0.6 is 0 Å². The van der Waals surface area contributed by atoms with Gasteiger partial charge < -0.3 is 10.2 Å². The van der Waals surface area contributed by atoms with Gasteiger partial charge in [0.1, 0.15) is 0 Å². The largest absolute Gasteiger partial charge is 0.352 e. The van der Waals surface area contributed by atoms with Crippen LogP contribution in [0.5, 0.6) is 0 Å². The van der Waals surface area contributed by atoms with Crippen LogP contribution in [0.2, 0.25) is 0 Å².